The third kappa shape index (κ3) is 2.54. The van der Waals surface area contributed by atoms with Crippen molar-refractivity contribution in [3.05, 3.63) is 18.2 Å². The number of nitrogens with zero attached hydrogens (tertiary/aromatic N) is 2. The first-order chi connectivity index (χ1) is 9.61. The van der Waals surface area contributed by atoms with Gasteiger partial charge in [0.2, 0.25) is 11.9 Å². The lowest BCUT2D eigenvalue weighted by Crippen LogP contribution is -2.35. The average Bonchev–Trinajstić information content (AvgIpc) is 2.81. The lowest BCUT2D eigenvalue weighted by molar-refractivity contribution is -0.119. The van der Waals surface area contributed by atoms with E-state index in [0.717, 1.165) is 48.6 Å². The maximum atomic E-state index is 10.9. The minimum atomic E-state index is -0.206. The van der Waals surface area contributed by atoms with Crippen LogP contribution >= 0.6 is 0 Å². The molecule has 0 atom stereocenters. The van der Waals surface area contributed by atoms with E-state index in [1.165, 1.54) is 0 Å². The Kier molecular flexibility index (Phi) is 3.22. The molecule has 6 nitrogen and oxygen atoms in total. The van der Waals surface area contributed by atoms with Crippen LogP contribution in [0.3, 0.4) is 0 Å². The predicted octanol–water partition coefficient (Wildman–Crippen LogP) is 1.24. The van der Waals surface area contributed by atoms with E-state index in [1.807, 2.05) is 18.2 Å². The summed E-state index contributed by atoms with van der Waals surface area (Å²) in [4.78, 5) is 21.1. The van der Waals surface area contributed by atoms with Gasteiger partial charge in [0.05, 0.1) is 11.0 Å². The maximum Gasteiger partial charge on any atom is 0.217 e. The SMILES string of the molecule is NC(=O)CC1CCN(c2nc3ccc(N)cc3[nH]2)CC1. The van der Waals surface area contributed by atoms with E-state index in [9.17, 15) is 4.79 Å². The summed E-state index contributed by atoms with van der Waals surface area (Å²) in [6.07, 6.45) is 2.44. The zero-order chi connectivity index (χ0) is 14.1. The number of benzene rings is 1. The number of anilines is 2. The molecular formula is C14H19N5O. The number of amides is 1. The van der Waals surface area contributed by atoms with E-state index < -0.39 is 0 Å². The molecule has 0 unspecified atom stereocenters. The molecule has 0 aliphatic carbocycles. The van der Waals surface area contributed by atoms with Crippen LogP contribution in [0.2, 0.25) is 0 Å². The van der Waals surface area contributed by atoms with Crippen molar-refractivity contribution < 1.29 is 4.79 Å². The fourth-order valence-electron chi connectivity index (χ4n) is 2.80. The number of nitrogen functional groups attached to an aromatic ring is 1. The molecule has 1 amide bonds. The van der Waals surface area contributed by atoms with E-state index in [-0.39, 0.29) is 5.91 Å². The zero-order valence-corrected chi connectivity index (χ0v) is 11.3. The highest BCUT2D eigenvalue weighted by atomic mass is 16.1. The maximum absolute atomic E-state index is 10.9. The van der Waals surface area contributed by atoms with Crippen LogP contribution in [0.4, 0.5) is 11.6 Å². The molecule has 2 heterocycles. The Morgan fingerprint density at radius 2 is 2.15 bits per heavy atom. The Balaban J connectivity index is 1.71. The summed E-state index contributed by atoms with van der Waals surface area (Å²) in [5.74, 6) is 1.08. The van der Waals surface area contributed by atoms with Gasteiger partial charge >= 0.3 is 0 Å². The molecule has 0 saturated carbocycles. The van der Waals surface area contributed by atoms with E-state index in [0.29, 0.717) is 12.3 Å². The Morgan fingerprint density at radius 3 is 2.85 bits per heavy atom. The van der Waals surface area contributed by atoms with Crippen molar-refractivity contribution in [1.29, 1.82) is 0 Å². The Morgan fingerprint density at radius 1 is 1.40 bits per heavy atom. The summed E-state index contributed by atoms with van der Waals surface area (Å²) in [7, 11) is 0. The third-order valence-corrected chi connectivity index (χ3v) is 3.90. The summed E-state index contributed by atoms with van der Waals surface area (Å²) < 4.78 is 0. The Hall–Kier alpha value is -2.24. The first-order valence-corrected chi connectivity index (χ1v) is 6.90. The number of aromatic amines is 1. The molecule has 1 aromatic heterocycles. The number of hydrogen-bond donors (Lipinski definition) is 3. The highest BCUT2D eigenvalue weighted by Gasteiger charge is 2.22. The summed E-state index contributed by atoms with van der Waals surface area (Å²) in [5.41, 5.74) is 13.6. The van der Waals surface area contributed by atoms with E-state index in [2.05, 4.69) is 14.9 Å². The van der Waals surface area contributed by atoms with Crippen LogP contribution in [0.1, 0.15) is 19.3 Å². The van der Waals surface area contributed by atoms with Crippen molar-refractivity contribution in [3.63, 3.8) is 0 Å². The van der Waals surface area contributed by atoms with Crippen molar-refractivity contribution >= 4 is 28.6 Å². The minimum absolute atomic E-state index is 0.206. The monoisotopic (exact) mass is 273 g/mol. The molecule has 20 heavy (non-hydrogen) atoms. The normalized spacial score (nSPS) is 16.7. The molecule has 0 spiro atoms. The van der Waals surface area contributed by atoms with Crippen LogP contribution in [0, 0.1) is 5.92 Å². The van der Waals surface area contributed by atoms with Gasteiger partial charge in [0.15, 0.2) is 0 Å². The average molecular weight is 273 g/mol. The first-order valence-electron chi connectivity index (χ1n) is 6.90. The summed E-state index contributed by atoms with van der Waals surface area (Å²) in [6, 6.07) is 5.67. The van der Waals surface area contributed by atoms with Gasteiger partial charge in [-0.05, 0) is 37.0 Å². The number of imidazole rings is 1. The van der Waals surface area contributed by atoms with Gasteiger partial charge in [-0.25, -0.2) is 4.98 Å². The summed E-state index contributed by atoms with van der Waals surface area (Å²) >= 11 is 0. The predicted molar refractivity (Wildman–Crippen MR) is 79.3 cm³/mol. The van der Waals surface area contributed by atoms with Crippen molar-refractivity contribution in [1.82, 2.24) is 9.97 Å². The molecule has 1 fully saturated rings. The van der Waals surface area contributed by atoms with Gasteiger partial charge in [0, 0.05) is 25.2 Å². The van der Waals surface area contributed by atoms with E-state index >= 15 is 0 Å². The number of aromatic nitrogens is 2. The zero-order valence-electron chi connectivity index (χ0n) is 11.3. The molecule has 6 heteroatoms. The number of rotatable bonds is 3. The second-order valence-corrected chi connectivity index (χ2v) is 5.44. The van der Waals surface area contributed by atoms with Crippen molar-refractivity contribution in [2.24, 2.45) is 11.7 Å². The molecule has 1 aliphatic heterocycles. The quantitative estimate of drug-likeness (QED) is 0.732. The van der Waals surface area contributed by atoms with Crippen LogP contribution in [0.15, 0.2) is 18.2 Å². The fraction of sp³-hybridized carbons (Fsp3) is 0.429. The first kappa shape index (κ1) is 12.8. The van der Waals surface area contributed by atoms with Crippen molar-refractivity contribution in [3.8, 4) is 0 Å². The molecule has 3 rings (SSSR count). The van der Waals surface area contributed by atoms with Crippen molar-refractivity contribution in [2.75, 3.05) is 23.7 Å². The molecule has 1 aliphatic rings. The number of nitrogens with one attached hydrogen (secondary N) is 1. The van der Waals surface area contributed by atoms with Gasteiger partial charge in [-0.15, -0.1) is 0 Å². The topological polar surface area (TPSA) is 101 Å². The summed E-state index contributed by atoms with van der Waals surface area (Å²) in [6.45, 7) is 1.79. The smallest absolute Gasteiger partial charge is 0.217 e. The van der Waals surface area contributed by atoms with Crippen LogP contribution in [-0.4, -0.2) is 29.0 Å². The number of carbonyl (C=O) groups excluding carboxylic acids is 1. The highest BCUT2D eigenvalue weighted by molar-refractivity contribution is 5.81. The van der Waals surface area contributed by atoms with Gasteiger partial charge in [0.25, 0.3) is 0 Å². The van der Waals surface area contributed by atoms with Gasteiger partial charge < -0.3 is 21.4 Å². The highest BCUT2D eigenvalue weighted by Crippen LogP contribution is 2.25. The Bertz CT molecular complexity index is 628. The number of carbonyl (C=O) groups is 1. The largest absolute Gasteiger partial charge is 0.399 e. The van der Waals surface area contributed by atoms with Crippen molar-refractivity contribution in [2.45, 2.75) is 19.3 Å². The van der Waals surface area contributed by atoms with Crippen LogP contribution in [-0.2, 0) is 4.79 Å². The molecule has 0 bridgehead atoms. The fourth-order valence-corrected chi connectivity index (χ4v) is 2.80. The van der Waals surface area contributed by atoms with Crippen LogP contribution in [0.5, 0.6) is 0 Å². The number of hydrogen-bond acceptors (Lipinski definition) is 4. The number of nitrogens with two attached hydrogens (primary N) is 2. The molecule has 0 radical (unpaired) electrons. The van der Waals surface area contributed by atoms with Crippen LogP contribution in [0.25, 0.3) is 11.0 Å². The van der Waals surface area contributed by atoms with Gasteiger partial charge in [-0.2, -0.15) is 0 Å². The van der Waals surface area contributed by atoms with Gasteiger partial charge in [-0.3, -0.25) is 4.79 Å². The second-order valence-electron chi connectivity index (χ2n) is 5.44. The van der Waals surface area contributed by atoms with Gasteiger partial charge in [-0.1, -0.05) is 0 Å². The second kappa shape index (κ2) is 5.03. The van der Waals surface area contributed by atoms with Gasteiger partial charge in [0.1, 0.15) is 0 Å². The Labute approximate surface area is 117 Å². The molecular weight excluding hydrogens is 254 g/mol. The number of fused-ring (bicyclic) bond motifs is 1. The number of piperidine rings is 1. The number of H-pyrrole nitrogens is 1. The van der Waals surface area contributed by atoms with Crippen LogP contribution < -0.4 is 16.4 Å². The lowest BCUT2D eigenvalue weighted by Gasteiger charge is -2.31. The lowest BCUT2D eigenvalue weighted by atomic mass is 9.93. The standard InChI is InChI=1S/C14H19N5O/c15-10-1-2-11-12(8-10)18-14(17-11)19-5-3-9(4-6-19)7-13(16)20/h1-2,8-9H,3-7,15H2,(H2,16,20)(H,17,18). The molecule has 106 valence electrons. The minimum Gasteiger partial charge on any atom is -0.399 e. The molecule has 1 saturated heterocycles. The molecule has 2 aromatic rings. The van der Waals surface area contributed by atoms with E-state index in [4.69, 9.17) is 11.5 Å². The number of primary amides is 1. The van der Waals surface area contributed by atoms with E-state index in [1.54, 1.807) is 0 Å². The molecule has 5 N–H and O–H groups in total. The third-order valence-electron chi connectivity index (χ3n) is 3.90. The summed E-state index contributed by atoms with van der Waals surface area (Å²) in [5, 5.41) is 0. The molecule has 1 aromatic carbocycles.